The Morgan fingerprint density at radius 2 is 2.20 bits per heavy atom. The fourth-order valence-corrected chi connectivity index (χ4v) is 3.62. The molecule has 1 unspecified atom stereocenters. The van der Waals surface area contributed by atoms with Crippen LogP contribution in [-0.4, -0.2) is 39.1 Å². The lowest BCUT2D eigenvalue weighted by atomic mass is 10.2. The van der Waals surface area contributed by atoms with Crippen molar-refractivity contribution >= 4 is 17.2 Å². The summed E-state index contributed by atoms with van der Waals surface area (Å²) in [5.74, 6) is 0.104. The lowest BCUT2D eigenvalue weighted by Gasteiger charge is -2.18. The maximum atomic E-state index is 12.6. The van der Waals surface area contributed by atoms with Crippen molar-refractivity contribution in [3.8, 4) is 5.88 Å². The van der Waals surface area contributed by atoms with E-state index in [1.807, 2.05) is 36.0 Å². The van der Waals surface area contributed by atoms with Gasteiger partial charge in [0.05, 0.1) is 12.8 Å². The van der Waals surface area contributed by atoms with Crippen LogP contribution in [0.3, 0.4) is 0 Å². The molecule has 0 aliphatic heterocycles. The van der Waals surface area contributed by atoms with E-state index in [1.54, 1.807) is 29.3 Å². The SMILES string of the molecule is COc1nn(C)cc1C(=O)NCC(c1cccs1)n1nc(C)cc1C. The van der Waals surface area contributed by atoms with Gasteiger partial charge < -0.3 is 10.1 Å². The van der Waals surface area contributed by atoms with Crippen LogP contribution in [0, 0.1) is 13.8 Å². The maximum absolute atomic E-state index is 12.6. The first kappa shape index (κ1) is 17.2. The average Bonchev–Trinajstić information content (AvgIpc) is 3.29. The Kier molecular flexibility index (Phi) is 4.89. The molecule has 3 heterocycles. The largest absolute Gasteiger partial charge is 0.479 e. The van der Waals surface area contributed by atoms with Crippen molar-refractivity contribution in [3.63, 3.8) is 0 Å². The Hall–Kier alpha value is -2.61. The molecular weight excluding hydrogens is 338 g/mol. The quantitative estimate of drug-likeness (QED) is 0.733. The lowest BCUT2D eigenvalue weighted by molar-refractivity contribution is 0.0946. The highest BCUT2D eigenvalue weighted by Crippen LogP contribution is 2.24. The molecule has 132 valence electrons. The Labute approximate surface area is 150 Å². The molecule has 1 N–H and O–H groups in total. The average molecular weight is 359 g/mol. The van der Waals surface area contributed by atoms with Gasteiger partial charge in [0, 0.05) is 30.4 Å². The Morgan fingerprint density at radius 1 is 1.40 bits per heavy atom. The number of aromatic nitrogens is 4. The number of amides is 1. The number of hydrogen-bond donors (Lipinski definition) is 1. The zero-order valence-corrected chi connectivity index (χ0v) is 15.5. The van der Waals surface area contributed by atoms with E-state index >= 15 is 0 Å². The second-order valence-electron chi connectivity index (χ2n) is 5.84. The number of rotatable bonds is 6. The molecule has 3 aromatic heterocycles. The predicted molar refractivity (Wildman–Crippen MR) is 96.3 cm³/mol. The molecule has 0 saturated heterocycles. The van der Waals surface area contributed by atoms with Crippen LogP contribution in [0.25, 0.3) is 0 Å². The van der Waals surface area contributed by atoms with Gasteiger partial charge in [-0.25, -0.2) is 0 Å². The molecule has 0 aliphatic carbocycles. The zero-order chi connectivity index (χ0) is 18.0. The maximum Gasteiger partial charge on any atom is 0.258 e. The molecule has 25 heavy (non-hydrogen) atoms. The van der Waals surface area contributed by atoms with Crippen LogP contribution < -0.4 is 10.1 Å². The summed E-state index contributed by atoms with van der Waals surface area (Å²) in [7, 11) is 3.26. The second kappa shape index (κ2) is 7.10. The third-order valence-electron chi connectivity index (χ3n) is 3.90. The summed E-state index contributed by atoms with van der Waals surface area (Å²) in [4.78, 5) is 13.7. The van der Waals surface area contributed by atoms with E-state index in [4.69, 9.17) is 4.74 Å². The van der Waals surface area contributed by atoms with Crippen LogP contribution in [0.5, 0.6) is 5.88 Å². The highest BCUT2D eigenvalue weighted by atomic mass is 32.1. The highest BCUT2D eigenvalue weighted by Gasteiger charge is 2.21. The summed E-state index contributed by atoms with van der Waals surface area (Å²) < 4.78 is 8.69. The van der Waals surface area contributed by atoms with E-state index < -0.39 is 0 Å². The minimum Gasteiger partial charge on any atom is -0.479 e. The van der Waals surface area contributed by atoms with Gasteiger partial charge in [-0.3, -0.25) is 14.2 Å². The molecule has 3 aromatic rings. The van der Waals surface area contributed by atoms with Crippen molar-refractivity contribution in [1.82, 2.24) is 24.9 Å². The smallest absolute Gasteiger partial charge is 0.258 e. The van der Waals surface area contributed by atoms with Crippen LogP contribution >= 0.6 is 11.3 Å². The number of hydrogen-bond acceptors (Lipinski definition) is 5. The number of ether oxygens (including phenoxy) is 1. The van der Waals surface area contributed by atoms with E-state index in [1.165, 1.54) is 7.11 Å². The second-order valence-corrected chi connectivity index (χ2v) is 6.82. The van der Waals surface area contributed by atoms with Gasteiger partial charge in [0.2, 0.25) is 5.88 Å². The summed E-state index contributed by atoms with van der Waals surface area (Å²) in [6.07, 6.45) is 1.65. The van der Waals surface area contributed by atoms with E-state index in [2.05, 4.69) is 21.6 Å². The summed E-state index contributed by atoms with van der Waals surface area (Å²) in [6.45, 7) is 4.42. The van der Waals surface area contributed by atoms with Crippen LogP contribution in [0.2, 0.25) is 0 Å². The molecule has 7 nitrogen and oxygen atoms in total. The highest BCUT2D eigenvalue weighted by molar-refractivity contribution is 7.10. The first-order chi connectivity index (χ1) is 12.0. The number of carbonyl (C=O) groups excluding carboxylic acids is 1. The normalized spacial score (nSPS) is 12.2. The summed E-state index contributed by atoms with van der Waals surface area (Å²) in [5, 5.41) is 13.7. The van der Waals surface area contributed by atoms with E-state index in [0.29, 0.717) is 18.0 Å². The molecule has 8 heteroatoms. The van der Waals surface area contributed by atoms with Crippen molar-refractivity contribution in [2.24, 2.45) is 7.05 Å². The third kappa shape index (κ3) is 3.58. The molecule has 0 aliphatic rings. The number of nitrogens with one attached hydrogen (secondary N) is 1. The van der Waals surface area contributed by atoms with Crippen LogP contribution in [0.1, 0.15) is 32.7 Å². The van der Waals surface area contributed by atoms with E-state index in [-0.39, 0.29) is 11.9 Å². The van der Waals surface area contributed by atoms with Gasteiger partial charge in [0.15, 0.2) is 0 Å². The summed E-state index contributed by atoms with van der Waals surface area (Å²) >= 11 is 1.65. The van der Waals surface area contributed by atoms with Gasteiger partial charge in [-0.1, -0.05) is 6.07 Å². The molecule has 3 rings (SSSR count). The van der Waals surface area contributed by atoms with E-state index in [0.717, 1.165) is 16.3 Å². The fraction of sp³-hybridized carbons (Fsp3) is 0.353. The van der Waals surface area contributed by atoms with Crippen LogP contribution in [0.4, 0.5) is 0 Å². The van der Waals surface area contributed by atoms with Gasteiger partial charge in [-0.2, -0.15) is 5.10 Å². The van der Waals surface area contributed by atoms with Gasteiger partial charge in [0.1, 0.15) is 11.6 Å². The molecule has 0 fully saturated rings. The van der Waals surface area contributed by atoms with Crippen molar-refractivity contribution in [3.05, 3.63) is 51.6 Å². The molecule has 0 spiro atoms. The first-order valence-corrected chi connectivity index (χ1v) is 8.79. The molecule has 0 saturated carbocycles. The van der Waals surface area contributed by atoms with Crippen molar-refractivity contribution < 1.29 is 9.53 Å². The zero-order valence-electron chi connectivity index (χ0n) is 14.7. The number of thiophene rings is 1. The van der Waals surface area contributed by atoms with Gasteiger partial charge in [-0.05, 0) is 31.4 Å². The molecule has 1 atom stereocenters. The Balaban J connectivity index is 1.82. The van der Waals surface area contributed by atoms with Gasteiger partial charge in [-0.15, -0.1) is 16.4 Å². The minimum absolute atomic E-state index is 0.0553. The Bertz CT molecular complexity index is 866. The van der Waals surface area contributed by atoms with Gasteiger partial charge >= 0.3 is 0 Å². The monoisotopic (exact) mass is 359 g/mol. The van der Waals surface area contributed by atoms with Gasteiger partial charge in [0.25, 0.3) is 5.91 Å². The lowest BCUT2D eigenvalue weighted by Crippen LogP contribution is -2.32. The first-order valence-electron chi connectivity index (χ1n) is 7.91. The third-order valence-corrected chi connectivity index (χ3v) is 4.87. The van der Waals surface area contributed by atoms with Crippen molar-refractivity contribution in [2.75, 3.05) is 13.7 Å². The molecule has 0 radical (unpaired) electrons. The van der Waals surface area contributed by atoms with Crippen molar-refractivity contribution in [1.29, 1.82) is 0 Å². The predicted octanol–water partition coefficient (Wildman–Crippen LogP) is 2.32. The minimum atomic E-state index is -0.215. The topological polar surface area (TPSA) is 74.0 Å². The molecule has 1 amide bonds. The van der Waals surface area contributed by atoms with Crippen molar-refractivity contribution in [2.45, 2.75) is 19.9 Å². The number of aryl methyl sites for hydroxylation is 3. The molecule has 0 aromatic carbocycles. The van der Waals surface area contributed by atoms with Crippen LogP contribution in [-0.2, 0) is 7.05 Å². The number of methoxy groups -OCH3 is 1. The van der Waals surface area contributed by atoms with E-state index in [9.17, 15) is 4.79 Å². The number of nitrogens with zero attached hydrogens (tertiary/aromatic N) is 4. The summed E-state index contributed by atoms with van der Waals surface area (Å²) in [6, 6.07) is 6.04. The van der Waals surface area contributed by atoms with Crippen LogP contribution in [0.15, 0.2) is 29.8 Å². The standard InChI is InChI=1S/C17H21N5O2S/c1-11-8-12(2)22(19-11)14(15-6-5-7-25-15)9-18-16(23)13-10-21(3)20-17(13)24-4/h5-8,10,14H,9H2,1-4H3,(H,18,23). The molecule has 0 bridgehead atoms. The number of carbonyl (C=O) groups is 1. The molecular formula is C17H21N5O2S. The summed E-state index contributed by atoms with van der Waals surface area (Å²) in [5.41, 5.74) is 2.44. The Morgan fingerprint density at radius 3 is 2.80 bits per heavy atom. The fourth-order valence-electron chi connectivity index (χ4n) is 2.81.